The summed E-state index contributed by atoms with van der Waals surface area (Å²) in [6.07, 6.45) is 2.70. The predicted octanol–water partition coefficient (Wildman–Crippen LogP) is 3.39. The third kappa shape index (κ3) is 6.49. The van der Waals surface area contributed by atoms with Gasteiger partial charge in [-0.1, -0.05) is 18.2 Å². The van der Waals surface area contributed by atoms with Gasteiger partial charge in [0.2, 0.25) is 0 Å². The summed E-state index contributed by atoms with van der Waals surface area (Å²) >= 11 is 0. The average Bonchev–Trinajstić information content (AvgIpc) is 2.82. The molecule has 2 aliphatic rings. The summed E-state index contributed by atoms with van der Waals surface area (Å²) < 4.78 is 19.0. The number of amides is 1. The first-order chi connectivity index (χ1) is 15.6. The molecule has 1 saturated heterocycles. The highest BCUT2D eigenvalue weighted by Gasteiger charge is 2.24. The zero-order chi connectivity index (χ0) is 22.3. The zero-order valence-corrected chi connectivity index (χ0v) is 21.1. The highest BCUT2D eigenvalue weighted by molar-refractivity contribution is 14.0. The Morgan fingerprint density at radius 1 is 1.18 bits per heavy atom. The van der Waals surface area contributed by atoms with Crippen molar-refractivity contribution in [1.29, 1.82) is 0 Å². The molecule has 0 spiro atoms. The molecule has 7 nitrogen and oxygen atoms in total. The number of ether oxygens (including phenoxy) is 1. The van der Waals surface area contributed by atoms with Crippen LogP contribution in [0.4, 0.5) is 15.8 Å². The second kappa shape index (κ2) is 12.1. The van der Waals surface area contributed by atoms with Gasteiger partial charge in [0.15, 0.2) is 12.6 Å². The number of fused-ring (bicyclic) bond motifs is 1. The van der Waals surface area contributed by atoms with E-state index in [9.17, 15) is 9.18 Å². The van der Waals surface area contributed by atoms with Gasteiger partial charge in [0.25, 0.3) is 5.91 Å². The van der Waals surface area contributed by atoms with Crippen LogP contribution in [0.3, 0.4) is 0 Å². The Balaban J connectivity index is 0.00000306. The number of anilines is 2. The molecule has 0 saturated carbocycles. The summed E-state index contributed by atoms with van der Waals surface area (Å²) in [7, 11) is 1.76. The number of carbonyl (C=O) groups is 1. The third-order valence-corrected chi connectivity index (χ3v) is 5.89. The van der Waals surface area contributed by atoms with Gasteiger partial charge in [-0.05, 0) is 49.6 Å². The van der Waals surface area contributed by atoms with Crippen molar-refractivity contribution in [2.45, 2.75) is 25.3 Å². The lowest BCUT2D eigenvalue weighted by atomic mass is 10.0. The Morgan fingerprint density at radius 2 is 1.97 bits per heavy atom. The van der Waals surface area contributed by atoms with Crippen molar-refractivity contribution < 1.29 is 13.9 Å². The standard InChI is InChI=1S/C24H30FN5O2.HI/c1-26-24(28-19-10-14-29(15-11-19)20-7-4-6-18(25)16-20)27-12-5-13-30-21-8-2-3-9-22(21)32-17-23(30)31;/h2-4,6-9,16,19H,5,10-15,17H2,1H3,(H2,26,27,28);1H. The second-order valence-electron chi connectivity index (χ2n) is 8.04. The molecule has 0 aromatic heterocycles. The molecule has 4 rings (SSSR count). The summed E-state index contributed by atoms with van der Waals surface area (Å²) in [5.41, 5.74) is 1.77. The molecule has 9 heteroatoms. The van der Waals surface area contributed by atoms with Gasteiger partial charge in [0.05, 0.1) is 5.69 Å². The summed E-state index contributed by atoms with van der Waals surface area (Å²) in [5.74, 6) is 1.30. The maximum absolute atomic E-state index is 13.5. The van der Waals surface area contributed by atoms with Crippen LogP contribution in [-0.2, 0) is 4.79 Å². The molecule has 2 N–H and O–H groups in total. The maximum atomic E-state index is 13.5. The highest BCUT2D eigenvalue weighted by atomic mass is 127. The number of guanidine groups is 1. The van der Waals surface area contributed by atoms with Crippen LogP contribution in [0.15, 0.2) is 53.5 Å². The fraction of sp³-hybridized carbons (Fsp3) is 0.417. The summed E-state index contributed by atoms with van der Waals surface area (Å²) in [4.78, 5) is 20.6. The van der Waals surface area contributed by atoms with Crippen LogP contribution < -0.4 is 25.2 Å². The average molecular weight is 567 g/mol. The number of hydrogen-bond acceptors (Lipinski definition) is 4. The van der Waals surface area contributed by atoms with Gasteiger partial charge in [-0.2, -0.15) is 0 Å². The maximum Gasteiger partial charge on any atom is 0.265 e. The van der Waals surface area contributed by atoms with Gasteiger partial charge < -0.3 is 25.2 Å². The molecule has 0 bridgehead atoms. The first kappa shape index (κ1) is 25.1. The number of hydrogen-bond donors (Lipinski definition) is 2. The van der Waals surface area contributed by atoms with Gasteiger partial charge in [0, 0.05) is 45.0 Å². The number of halogens is 2. The molecule has 2 aliphatic heterocycles. The van der Waals surface area contributed by atoms with E-state index in [2.05, 4.69) is 20.5 Å². The monoisotopic (exact) mass is 567 g/mol. The molecule has 33 heavy (non-hydrogen) atoms. The fourth-order valence-electron chi connectivity index (χ4n) is 4.19. The quantitative estimate of drug-likeness (QED) is 0.243. The fourth-order valence-corrected chi connectivity index (χ4v) is 4.19. The number of benzene rings is 2. The number of nitrogens with one attached hydrogen (secondary N) is 2. The van der Waals surface area contributed by atoms with E-state index in [0.717, 1.165) is 55.4 Å². The van der Waals surface area contributed by atoms with Crippen LogP contribution >= 0.6 is 24.0 Å². The summed E-state index contributed by atoms with van der Waals surface area (Å²) in [5, 5.41) is 6.84. The van der Waals surface area contributed by atoms with E-state index >= 15 is 0 Å². The molecule has 0 aliphatic carbocycles. The van der Waals surface area contributed by atoms with Crippen LogP contribution in [-0.4, -0.2) is 57.7 Å². The minimum absolute atomic E-state index is 0. The van der Waals surface area contributed by atoms with E-state index < -0.39 is 0 Å². The number of rotatable bonds is 6. The van der Waals surface area contributed by atoms with Crippen LogP contribution in [0.5, 0.6) is 5.75 Å². The topological polar surface area (TPSA) is 69.2 Å². The molecule has 2 aromatic carbocycles. The van der Waals surface area contributed by atoms with Gasteiger partial charge in [-0.25, -0.2) is 4.39 Å². The summed E-state index contributed by atoms with van der Waals surface area (Å²) in [6.45, 7) is 3.15. The molecule has 2 aromatic rings. The van der Waals surface area contributed by atoms with Crippen molar-refractivity contribution in [2.24, 2.45) is 4.99 Å². The number of para-hydroxylation sites is 2. The van der Waals surface area contributed by atoms with Crippen molar-refractivity contribution in [3.05, 3.63) is 54.3 Å². The lowest BCUT2D eigenvalue weighted by Gasteiger charge is -2.34. The van der Waals surface area contributed by atoms with Gasteiger partial charge in [-0.15, -0.1) is 24.0 Å². The van der Waals surface area contributed by atoms with Crippen molar-refractivity contribution in [3.63, 3.8) is 0 Å². The van der Waals surface area contributed by atoms with E-state index in [-0.39, 0.29) is 42.3 Å². The van der Waals surface area contributed by atoms with Crippen LogP contribution in [0.25, 0.3) is 0 Å². The van der Waals surface area contributed by atoms with E-state index in [1.165, 1.54) is 6.07 Å². The highest BCUT2D eigenvalue weighted by Crippen LogP contribution is 2.31. The van der Waals surface area contributed by atoms with Crippen molar-refractivity contribution in [1.82, 2.24) is 10.6 Å². The van der Waals surface area contributed by atoms with Crippen LogP contribution in [0.2, 0.25) is 0 Å². The predicted molar refractivity (Wildman–Crippen MR) is 140 cm³/mol. The third-order valence-electron chi connectivity index (χ3n) is 5.89. The minimum Gasteiger partial charge on any atom is -0.482 e. The smallest absolute Gasteiger partial charge is 0.265 e. The molecule has 1 amide bonds. The number of piperidine rings is 1. The lowest BCUT2D eigenvalue weighted by Crippen LogP contribution is -2.49. The van der Waals surface area contributed by atoms with Crippen molar-refractivity contribution in [3.8, 4) is 5.75 Å². The van der Waals surface area contributed by atoms with E-state index in [4.69, 9.17) is 4.74 Å². The van der Waals surface area contributed by atoms with Gasteiger partial charge >= 0.3 is 0 Å². The zero-order valence-electron chi connectivity index (χ0n) is 18.8. The second-order valence-corrected chi connectivity index (χ2v) is 8.04. The Kier molecular flexibility index (Phi) is 9.16. The van der Waals surface area contributed by atoms with Gasteiger partial charge in [0.1, 0.15) is 11.6 Å². The lowest BCUT2D eigenvalue weighted by molar-refractivity contribution is -0.121. The normalized spacial score (nSPS) is 16.5. The van der Waals surface area contributed by atoms with Gasteiger partial charge in [-0.3, -0.25) is 9.79 Å². The Labute approximate surface area is 211 Å². The molecule has 0 unspecified atom stereocenters. The van der Waals surface area contributed by atoms with E-state index in [0.29, 0.717) is 19.1 Å². The first-order valence-electron chi connectivity index (χ1n) is 11.1. The van der Waals surface area contributed by atoms with Crippen LogP contribution in [0.1, 0.15) is 19.3 Å². The SMILES string of the molecule is CN=C(NCCCN1C(=O)COc2ccccc21)NC1CCN(c2cccc(F)c2)CC1.I. The first-order valence-corrected chi connectivity index (χ1v) is 11.1. The summed E-state index contributed by atoms with van der Waals surface area (Å²) in [6, 6.07) is 14.7. The number of nitrogens with zero attached hydrogens (tertiary/aromatic N) is 3. The Morgan fingerprint density at radius 3 is 2.73 bits per heavy atom. The molecular weight excluding hydrogens is 536 g/mol. The largest absolute Gasteiger partial charge is 0.482 e. The van der Waals surface area contributed by atoms with E-state index in [1.54, 1.807) is 24.1 Å². The minimum atomic E-state index is -0.199. The van der Waals surface area contributed by atoms with E-state index in [1.807, 2.05) is 30.3 Å². The molecular formula is C24H31FIN5O2. The number of carbonyl (C=O) groups excluding carboxylic acids is 1. The molecule has 2 heterocycles. The Bertz CT molecular complexity index is 965. The molecule has 0 radical (unpaired) electrons. The molecule has 178 valence electrons. The molecule has 0 atom stereocenters. The Hall–Kier alpha value is -2.56. The molecule has 1 fully saturated rings. The van der Waals surface area contributed by atoms with Crippen molar-refractivity contribution >= 4 is 47.2 Å². The van der Waals surface area contributed by atoms with Crippen LogP contribution in [0, 0.1) is 5.82 Å². The van der Waals surface area contributed by atoms with Crippen molar-refractivity contribution in [2.75, 3.05) is 49.6 Å². The number of aliphatic imine (C=N–C) groups is 1.